The summed E-state index contributed by atoms with van der Waals surface area (Å²) in [6.07, 6.45) is 7.48. The van der Waals surface area contributed by atoms with E-state index < -0.39 is 23.8 Å². The van der Waals surface area contributed by atoms with Gasteiger partial charge in [0, 0.05) is 17.3 Å². The maximum Gasteiger partial charge on any atom is 1.00 e. The van der Waals surface area contributed by atoms with Crippen LogP contribution in [0.4, 0.5) is 4.39 Å². The van der Waals surface area contributed by atoms with Crippen molar-refractivity contribution >= 4 is 52.8 Å². The quantitative estimate of drug-likeness (QED) is 0.366. The molecule has 0 N–H and O–H groups in total. The van der Waals surface area contributed by atoms with Gasteiger partial charge >= 0.3 is 29.6 Å². The van der Waals surface area contributed by atoms with Gasteiger partial charge in [-0.05, 0) is 58.2 Å². The number of aliphatic carboxylic acids is 1. The van der Waals surface area contributed by atoms with Gasteiger partial charge in [0.15, 0.2) is 0 Å². The molecule has 0 fully saturated rings. The molecule has 2 atom stereocenters. The maximum atomic E-state index is 13.7. The van der Waals surface area contributed by atoms with Crippen molar-refractivity contribution in [2.45, 2.75) is 13.0 Å². The van der Waals surface area contributed by atoms with Crippen LogP contribution in [-0.4, -0.2) is 17.6 Å². The first-order chi connectivity index (χ1) is 17.4. The van der Waals surface area contributed by atoms with Crippen molar-refractivity contribution in [3.8, 4) is 0 Å². The van der Waals surface area contributed by atoms with E-state index in [0.717, 1.165) is 27.8 Å². The number of hydrogen-bond donors (Lipinski definition) is 0. The van der Waals surface area contributed by atoms with E-state index in [4.69, 9.17) is 16.3 Å². The third kappa shape index (κ3) is 6.03. The van der Waals surface area contributed by atoms with Crippen molar-refractivity contribution in [1.82, 2.24) is 4.98 Å². The van der Waals surface area contributed by atoms with Gasteiger partial charge in [0.05, 0.1) is 22.8 Å². The number of ether oxygens (including phenoxy) is 1. The Labute approximate surface area is 241 Å². The Morgan fingerprint density at radius 1 is 1.05 bits per heavy atom. The van der Waals surface area contributed by atoms with E-state index in [0.29, 0.717) is 16.6 Å². The molecular formula is C30H22ClFNNaO3. The molecule has 5 rings (SSSR count). The molecule has 7 heteroatoms. The predicted octanol–water partition coefficient (Wildman–Crippen LogP) is 3.18. The molecule has 4 nitrogen and oxygen atoms in total. The summed E-state index contributed by atoms with van der Waals surface area (Å²) in [5.74, 6) is -2.35. The molecule has 1 heterocycles. The molecule has 0 bridgehead atoms. The number of nitrogens with zero attached hydrogens (tertiary/aromatic N) is 1. The summed E-state index contributed by atoms with van der Waals surface area (Å²) in [5, 5.41) is 12.0. The molecule has 1 aromatic heterocycles. The summed E-state index contributed by atoms with van der Waals surface area (Å²) in [7, 11) is 0. The van der Waals surface area contributed by atoms with E-state index >= 15 is 0 Å². The molecule has 0 radical (unpaired) electrons. The monoisotopic (exact) mass is 521 g/mol. The molecule has 1 aliphatic rings. The van der Waals surface area contributed by atoms with E-state index in [1.54, 1.807) is 6.92 Å². The predicted molar refractivity (Wildman–Crippen MR) is 139 cm³/mol. The standard InChI is InChI=1S/C30H23ClFNO3.Na/c1-18(30(34)35)17-36-29-24-5-3-2-4-20(24)9-10-21-8-6-19(14-25(21)29)7-12-23-13-11-22-15-27(32)26(31)16-28(22)33-23;/h2-16,18,29H,17H2,1H3,(H,34,35);/q;+1/p-1/b12-7+;. The fourth-order valence-electron chi connectivity index (χ4n) is 4.22. The SMILES string of the molecule is CC(COC1c2ccccc2C=Cc2ccc(/C=C/c3ccc4cc(F)c(Cl)cc4n3)cc21)C(=O)[O-].[Na+]. The van der Waals surface area contributed by atoms with Gasteiger partial charge < -0.3 is 14.6 Å². The second kappa shape index (κ2) is 11.7. The smallest absolute Gasteiger partial charge is 0.550 e. The van der Waals surface area contributed by atoms with Crippen LogP contribution in [0.25, 0.3) is 35.2 Å². The Bertz CT molecular complexity index is 1540. The molecule has 4 aromatic rings. The van der Waals surface area contributed by atoms with Crippen LogP contribution >= 0.6 is 11.6 Å². The van der Waals surface area contributed by atoms with Crippen LogP contribution in [0.3, 0.4) is 0 Å². The number of carbonyl (C=O) groups is 1. The summed E-state index contributed by atoms with van der Waals surface area (Å²) in [5.41, 5.74) is 6.19. The van der Waals surface area contributed by atoms with E-state index in [9.17, 15) is 14.3 Å². The van der Waals surface area contributed by atoms with Crippen LogP contribution in [0.5, 0.6) is 0 Å². The van der Waals surface area contributed by atoms with Crippen LogP contribution in [0.15, 0.2) is 66.7 Å². The molecule has 0 aliphatic heterocycles. The number of carboxylic acid groups (broad SMARTS) is 1. The maximum absolute atomic E-state index is 13.7. The normalized spacial score (nSPS) is 15.1. The van der Waals surface area contributed by atoms with Crippen molar-refractivity contribution in [2.75, 3.05) is 6.61 Å². The fourth-order valence-corrected chi connectivity index (χ4v) is 4.38. The van der Waals surface area contributed by atoms with Crippen LogP contribution in [0, 0.1) is 11.7 Å². The van der Waals surface area contributed by atoms with Crippen molar-refractivity contribution in [1.29, 1.82) is 0 Å². The molecule has 0 saturated carbocycles. The van der Waals surface area contributed by atoms with Gasteiger partial charge in [-0.3, -0.25) is 0 Å². The number of halogens is 2. The molecule has 0 spiro atoms. The second-order valence-electron chi connectivity index (χ2n) is 8.81. The molecule has 37 heavy (non-hydrogen) atoms. The Hall–Kier alpha value is -2.80. The fraction of sp³-hybridized carbons (Fsp3) is 0.133. The van der Waals surface area contributed by atoms with Gasteiger partial charge in [0.25, 0.3) is 0 Å². The summed E-state index contributed by atoms with van der Waals surface area (Å²) >= 11 is 5.92. The Morgan fingerprint density at radius 2 is 1.81 bits per heavy atom. The average molecular weight is 522 g/mol. The first-order valence-corrected chi connectivity index (χ1v) is 11.9. The molecule has 3 aromatic carbocycles. The molecule has 2 unspecified atom stereocenters. The van der Waals surface area contributed by atoms with Crippen LogP contribution in [0.1, 0.15) is 46.5 Å². The van der Waals surface area contributed by atoms with Crippen molar-refractivity contribution < 1.29 is 48.6 Å². The van der Waals surface area contributed by atoms with E-state index in [1.165, 1.54) is 12.1 Å². The van der Waals surface area contributed by atoms with E-state index in [-0.39, 0.29) is 41.2 Å². The number of benzene rings is 3. The van der Waals surface area contributed by atoms with Gasteiger partial charge in [0.2, 0.25) is 0 Å². The number of pyridine rings is 1. The van der Waals surface area contributed by atoms with Gasteiger partial charge in [-0.25, -0.2) is 9.37 Å². The zero-order chi connectivity index (χ0) is 25.2. The summed E-state index contributed by atoms with van der Waals surface area (Å²) in [4.78, 5) is 15.8. The van der Waals surface area contributed by atoms with Gasteiger partial charge in [0.1, 0.15) is 11.9 Å². The van der Waals surface area contributed by atoms with Crippen LogP contribution in [0.2, 0.25) is 5.02 Å². The summed E-state index contributed by atoms with van der Waals surface area (Å²) in [6, 6.07) is 20.5. The minimum atomic E-state index is -1.14. The van der Waals surface area contributed by atoms with E-state index in [1.807, 2.05) is 78.9 Å². The van der Waals surface area contributed by atoms with Gasteiger partial charge in [-0.1, -0.05) is 79.2 Å². The molecule has 1 aliphatic carbocycles. The topological polar surface area (TPSA) is 62.2 Å². The zero-order valence-electron chi connectivity index (χ0n) is 20.4. The molecule has 0 amide bonds. The number of rotatable bonds is 6. The first kappa shape index (κ1) is 27.2. The van der Waals surface area contributed by atoms with Crippen molar-refractivity contribution in [3.63, 3.8) is 0 Å². The number of fused-ring (bicyclic) bond motifs is 3. The summed E-state index contributed by atoms with van der Waals surface area (Å²) < 4.78 is 19.9. The summed E-state index contributed by atoms with van der Waals surface area (Å²) in [6.45, 7) is 1.61. The van der Waals surface area contributed by atoms with Gasteiger partial charge in [-0.15, -0.1) is 0 Å². The largest absolute Gasteiger partial charge is 1.00 e. The number of carboxylic acids is 1. The number of carbonyl (C=O) groups excluding carboxylic acids is 1. The Morgan fingerprint density at radius 3 is 2.59 bits per heavy atom. The number of aromatic nitrogens is 1. The van der Waals surface area contributed by atoms with Crippen molar-refractivity contribution in [3.05, 3.63) is 111 Å². The molecule has 0 saturated heterocycles. The number of hydrogen-bond acceptors (Lipinski definition) is 4. The molecule has 180 valence electrons. The van der Waals surface area contributed by atoms with Gasteiger partial charge in [-0.2, -0.15) is 0 Å². The van der Waals surface area contributed by atoms with Crippen LogP contribution < -0.4 is 34.7 Å². The second-order valence-corrected chi connectivity index (χ2v) is 9.22. The Balaban J connectivity index is 0.00000320. The minimum absolute atomic E-state index is 0. The third-order valence-electron chi connectivity index (χ3n) is 6.23. The van der Waals surface area contributed by atoms with E-state index in [2.05, 4.69) is 4.98 Å². The average Bonchev–Trinajstić information content (AvgIpc) is 3.03. The third-order valence-corrected chi connectivity index (χ3v) is 6.52. The minimum Gasteiger partial charge on any atom is -0.550 e. The zero-order valence-corrected chi connectivity index (χ0v) is 23.2. The van der Waals surface area contributed by atoms with Crippen molar-refractivity contribution in [2.24, 2.45) is 5.92 Å². The molecular weight excluding hydrogens is 500 g/mol. The van der Waals surface area contributed by atoms with Crippen LogP contribution in [-0.2, 0) is 9.53 Å². The first-order valence-electron chi connectivity index (χ1n) is 11.6. The Kier molecular flexibility index (Phi) is 8.63.